The third kappa shape index (κ3) is 3.71. The van der Waals surface area contributed by atoms with Gasteiger partial charge in [0, 0.05) is 24.7 Å². The van der Waals surface area contributed by atoms with Gasteiger partial charge >= 0.3 is 12.1 Å². The Labute approximate surface area is 191 Å². The smallest absolute Gasteiger partial charge is 0.322 e. The van der Waals surface area contributed by atoms with Crippen LogP contribution >= 0.6 is 0 Å². The van der Waals surface area contributed by atoms with E-state index in [1.807, 2.05) is 54.6 Å². The summed E-state index contributed by atoms with van der Waals surface area (Å²) in [6, 6.07) is 24.8. The fourth-order valence-electron chi connectivity index (χ4n) is 4.58. The summed E-state index contributed by atoms with van der Waals surface area (Å²) in [5.41, 5.74) is 3.59. The third-order valence-corrected chi connectivity index (χ3v) is 6.41. The molecule has 0 aliphatic carbocycles. The minimum atomic E-state index is -1.13. The Morgan fingerprint density at radius 3 is 2.55 bits per heavy atom. The van der Waals surface area contributed by atoms with Crippen LogP contribution in [-0.2, 0) is 16.9 Å². The van der Waals surface area contributed by atoms with Crippen molar-refractivity contribution in [1.29, 1.82) is 0 Å². The molecule has 5 amide bonds. The first-order valence-electron chi connectivity index (χ1n) is 10.9. The molecule has 2 aliphatic heterocycles. The number of hydrogen-bond donors (Lipinski definition) is 3. The zero-order chi connectivity index (χ0) is 23.0. The molecular formula is C26H24N4O3. The molecule has 166 valence electrons. The highest BCUT2D eigenvalue weighted by Crippen LogP contribution is 2.39. The van der Waals surface area contributed by atoms with Gasteiger partial charge in [-0.3, -0.25) is 15.0 Å². The van der Waals surface area contributed by atoms with Crippen LogP contribution < -0.4 is 20.9 Å². The lowest BCUT2D eigenvalue weighted by atomic mass is 9.91. The first kappa shape index (κ1) is 20.8. The van der Waals surface area contributed by atoms with Crippen LogP contribution in [0, 0.1) is 0 Å². The van der Waals surface area contributed by atoms with Gasteiger partial charge in [-0.15, -0.1) is 0 Å². The summed E-state index contributed by atoms with van der Waals surface area (Å²) in [5, 5.41) is 7.95. The molecule has 3 aromatic rings. The summed E-state index contributed by atoms with van der Waals surface area (Å²) in [6.45, 7) is 2.53. The van der Waals surface area contributed by atoms with Crippen molar-refractivity contribution in [3.05, 3.63) is 101 Å². The van der Waals surface area contributed by atoms with E-state index in [-0.39, 0.29) is 11.9 Å². The van der Waals surface area contributed by atoms with Crippen molar-refractivity contribution in [1.82, 2.24) is 16.0 Å². The van der Waals surface area contributed by atoms with Crippen molar-refractivity contribution in [2.24, 2.45) is 0 Å². The SMILES string of the molecule is CC1(c2cccc(CNC(=O)N3CC(c4ccccc4)c4ccccc43)c2)NC(=O)NC1=O. The number of hydrogen-bond acceptors (Lipinski definition) is 3. The van der Waals surface area contributed by atoms with Gasteiger partial charge in [0.1, 0.15) is 5.54 Å². The number of nitrogens with zero attached hydrogens (tertiary/aromatic N) is 1. The lowest BCUT2D eigenvalue weighted by Gasteiger charge is -2.22. The van der Waals surface area contributed by atoms with E-state index >= 15 is 0 Å². The number of carbonyl (C=O) groups excluding carboxylic acids is 3. The van der Waals surface area contributed by atoms with Gasteiger partial charge in [0.2, 0.25) is 0 Å². The summed E-state index contributed by atoms with van der Waals surface area (Å²) in [5.74, 6) is -0.268. The Balaban J connectivity index is 1.32. The normalized spacial score (nSPS) is 21.4. The van der Waals surface area contributed by atoms with Crippen molar-refractivity contribution in [2.75, 3.05) is 11.4 Å². The molecule has 0 radical (unpaired) electrons. The maximum absolute atomic E-state index is 13.2. The predicted molar refractivity (Wildman–Crippen MR) is 125 cm³/mol. The minimum absolute atomic E-state index is 0.126. The van der Waals surface area contributed by atoms with Gasteiger partial charge in [-0.1, -0.05) is 72.8 Å². The molecule has 0 aromatic heterocycles. The maximum Gasteiger partial charge on any atom is 0.322 e. The Hall–Kier alpha value is -4.13. The average Bonchev–Trinajstić information content (AvgIpc) is 3.35. The van der Waals surface area contributed by atoms with E-state index in [9.17, 15) is 14.4 Å². The monoisotopic (exact) mass is 440 g/mol. The Bertz CT molecular complexity index is 1240. The fraction of sp³-hybridized carbons (Fsp3) is 0.192. The molecule has 2 unspecified atom stereocenters. The standard InChI is InChI=1S/C26H24N4O3/c1-26(23(31)28-24(32)29-26)19-11-7-8-17(14-19)15-27-25(33)30-16-21(18-9-3-2-4-10-18)20-12-5-6-13-22(20)30/h2-14,21H,15-16H2,1H3,(H,27,33)(H2,28,29,31,32). The number of fused-ring (bicyclic) bond motifs is 1. The highest BCUT2D eigenvalue weighted by Gasteiger charge is 2.43. The molecule has 5 rings (SSSR count). The molecule has 3 aromatic carbocycles. The molecule has 7 nitrogen and oxygen atoms in total. The van der Waals surface area contributed by atoms with Crippen LogP contribution in [-0.4, -0.2) is 24.5 Å². The van der Waals surface area contributed by atoms with Gasteiger partial charge in [-0.2, -0.15) is 0 Å². The van der Waals surface area contributed by atoms with Gasteiger partial charge in [0.05, 0.1) is 0 Å². The number of para-hydroxylation sites is 1. The maximum atomic E-state index is 13.2. The first-order valence-corrected chi connectivity index (χ1v) is 10.9. The number of benzene rings is 3. The fourth-order valence-corrected chi connectivity index (χ4v) is 4.58. The van der Waals surface area contributed by atoms with Gasteiger partial charge in [0.15, 0.2) is 0 Å². The first-order chi connectivity index (χ1) is 16.0. The molecule has 0 bridgehead atoms. The lowest BCUT2D eigenvalue weighted by Crippen LogP contribution is -2.41. The van der Waals surface area contributed by atoms with Crippen molar-refractivity contribution >= 4 is 23.7 Å². The van der Waals surface area contributed by atoms with Crippen molar-refractivity contribution in [3.63, 3.8) is 0 Å². The van der Waals surface area contributed by atoms with Crippen LogP contribution in [0.25, 0.3) is 0 Å². The molecule has 2 atom stereocenters. The van der Waals surface area contributed by atoms with E-state index < -0.39 is 17.5 Å². The number of nitrogens with one attached hydrogen (secondary N) is 3. The quantitative estimate of drug-likeness (QED) is 0.542. The van der Waals surface area contributed by atoms with Crippen molar-refractivity contribution in [2.45, 2.75) is 24.9 Å². The number of amides is 5. The molecule has 2 heterocycles. The zero-order valence-electron chi connectivity index (χ0n) is 18.2. The van der Waals surface area contributed by atoms with Gasteiger partial charge in [-0.05, 0) is 35.2 Å². The summed E-state index contributed by atoms with van der Waals surface area (Å²) < 4.78 is 0. The number of anilines is 1. The van der Waals surface area contributed by atoms with E-state index in [4.69, 9.17) is 0 Å². The van der Waals surface area contributed by atoms with Crippen molar-refractivity contribution in [3.8, 4) is 0 Å². The second kappa shape index (κ2) is 8.09. The molecule has 33 heavy (non-hydrogen) atoms. The van der Waals surface area contributed by atoms with Crippen molar-refractivity contribution < 1.29 is 14.4 Å². The van der Waals surface area contributed by atoms with Crippen LogP contribution in [0.1, 0.15) is 35.1 Å². The zero-order valence-corrected chi connectivity index (χ0v) is 18.2. The number of urea groups is 2. The number of imide groups is 1. The van der Waals surface area contributed by atoms with Gasteiger partial charge in [0.25, 0.3) is 5.91 Å². The Morgan fingerprint density at radius 2 is 1.79 bits per heavy atom. The molecule has 3 N–H and O–H groups in total. The molecule has 1 saturated heterocycles. The molecular weight excluding hydrogens is 416 g/mol. The highest BCUT2D eigenvalue weighted by molar-refractivity contribution is 6.07. The Morgan fingerprint density at radius 1 is 1.03 bits per heavy atom. The van der Waals surface area contributed by atoms with E-state index in [2.05, 4.69) is 34.1 Å². The summed E-state index contributed by atoms with van der Waals surface area (Å²) in [6.07, 6.45) is 0. The van der Waals surface area contributed by atoms with Gasteiger partial charge in [-0.25, -0.2) is 9.59 Å². The highest BCUT2D eigenvalue weighted by atomic mass is 16.2. The molecule has 2 aliphatic rings. The topological polar surface area (TPSA) is 90.5 Å². The van der Waals surface area contributed by atoms with E-state index in [1.54, 1.807) is 17.9 Å². The lowest BCUT2D eigenvalue weighted by molar-refractivity contribution is -0.123. The second-order valence-electron chi connectivity index (χ2n) is 8.53. The number of rotatable bonds is 4. The number of carbonyl (C=O) groups is 3. The summed E-state index contributed by atoms with van der Waals surface area (Å²) >= 11 is 0. The second-order valence-corrected chi connectivity index (χ2v) is 8.53. The summed E-state index contributed by atoms with van der Waals surface area (Å²) in [4.78, 5) is 38.8. The van der Waals surface area contributed by atoms with E-state index in [0.717, 1.165) is 16.8 Å². The van der Waals surface area contributed by atoms with Crippen LogP contribution in [0.2, 0.25) is 0 Å². The van der Waals surface area contributed by atoms with E-state index in [1.165, 1.54) is 5.56 Å². The molecule has 0 saturated carbocycles. The average molecular weight is 441 g/mol. The van der Waals surface area contributed by atoms with Crippen LogP contribution in [0.5, 0.6) is 0 Å². The largest absolute Gasteiger partial charge is 0.334 e. The predicted octanol–water partition coefficient (Wildman–Crippen LogP) is 3.60. The van der Waals surface area contributed by atoms with Crippen LogP contribution in [0.15, 0.2) is 78.9 Å². The molecule has 7 heteroatoms. The third-order valence-electron chi connectivity index (χ3n) is 6.41. The molecule has 0 spiro atoms. The van der Waals surface area contributed by atoms with Crippen LogP contribution in [0.3, 0.4) is 0 Å². The summed E-state index contributed by atoms with van der Waals surface area (Å²) in [7, 11) is 0. The van der Waals surface area contributed by atoms with Crippen LogP contribution in [0.4, 0.5) is 15.3 Å². The molecule has 1 fully saturated rings. The minimum Gasteiger partial charge on any atom is -0.334 e. The Kier molecular flexibility index (Phi) is 5.09. The van der Waals surface area contributed by atoms with Gasteiger partial charge < -0.3 is 10.6 Å². The van der Waals surface area contributed by atoms with E-state index in [0.29, 0.717) is 18.7 Å².